The van der Waals surface area contributed by atoms with Gasteiger partial charge in [0.1, 0.15) is 0 Å². The lowest BCUT2D eigenvalue weighted by atomic mass is 9.76. The number of aliphatic carboxylic acids is 1. The lowest BCUT2D eigenvalue weighted by Gasteiger charge is -2.30. The van der Waals surface area contributed by atoms with E-state index >= 15 is 0 Å². The summed E-state index contributed by atoms with van der Waals surface area (Å²) in [7, 11) is 0. The third kappa shape index (κ3) is 2.19. The van der Waals surface area contributed by atoms with Crippen molar-refractivity contribution in [2.75, 3.05) is 13.1 Å². The van der Waals surface area contributed by atoms with Crippen LogP contribution in [0.3, 0.4) is 0 Å². The zero-order chi connectivity index (χ0) is 13.3. The first-order chi connectivity index (χ1) is 8.47. The summed E-state index contributed by atoms with van der Waals surface area (Å²) in [5.41, 5.74) is 0.731. The van der Waals surface area contributed by atoms with Gasteiger partial charge in [0.15, 0.2) is 0 Å². The number of thiophene rings is 1. The van der Waals surface area contributed by atoms with Crippen molar-refractivity contribution in [1.82, 2.24) is 4.90 Å². The van der Waals surface area contributed by atoms with Gasteiger partial charge >= 0.3 is 5.97 Å². The third-order valence-electron chi connectivity index (χ3n) is 4.43. The fourth-order valence-corrected chi connectivity index (χ4v) is 3.56. The number of carbonyl (C=O) groups is 1. The van der Waals surface area contributed by atoms with Crippen molar-refractivity contribution in [3.63, 3.8) is 0 Å². The van der Waals surface area contributed by atoms with Crippen LogP contribution >= 0.6 is 11.3 Å². The highest BCUT2D eigenvalue weighted by Crippen LogP contribution is 2.41. The molecule has 1 saturated heterocycles. The molecule has 100 valence electrons. The molecule has 1 aliphatic heterocycles. The van der Waals surface area contributed by atoms with Crippen LogP contribution in [0.25, 0.3) is 0 Å². The largest absolute Gasteiger partial charge is 0.481 e. The van der Waals surface area contributed by atoms with E-state index in [0.717, 1.165) is 13.0 Å². The number of likely N-dealkylation sites (tertiary alicyclic amines) is 1. The summed E-state index contributed by atoms with van der Waals surface area (Å²) in [5.74, 6) is -0.466. The van der Waals surface area contributed by atoms with E-state index in [4.69, 9.17) is 0 Å². The zero-order valence-electron chi connectivity index (χ0n) is 11.2. The van der Waals surface area contributed by atoms with Crippen LogP contribution in [0.15, 0.2) is 16.8 Å². The molecule has 0 aromatic carbocycles. The number of carboxylic acids is 1. The fourth-order valence-electron chi connectivity index (χ4n) is 2.81. The SMILES string of the molecule is CC(c1ccsc1)N1CCC(C(=O)O)(C(C)C)C1. The second kappa shape index (κ2) is 5.02. The van der Waals surface area contributed by atoms with Crippen LogP contribution in [0.5, 0.6) is 0 Å². The molecule has 1 fully saturated rings. The first kappa shape index (κ1) is 13.6. The van der Waals surface area contributed by atoms with Crippen molar-refractivity contribution >= 4 is 17.3 Å². The van der Waals surface area contributed by atoms with Gasteiger partial charge < -0.3 is 5.11 Å². The molecule has 2 unspecified atom stereocenters. The van der Waals surface area contributed by atoms with Gasteiger partial charge in [-0.15, -0.1) is 0 Å². The van der Waals surface area contributed by atoms with E-state index in [9.17, 15) is 9.90 Å². The Labute approximate surface area is 112 Å². The second-order valence-electron chi connectivity index (χ2n) is 5.57. The molecule has 2 heterocycles. The second-order valence-corrected chi connectivity index (χ2v) is 6.35. The molecule has 3 nitrogen and oxygen atoms in total. The topological polar surface area (TPSA) is 40.5 Å². The molecule has 4 heteroatoms. The number of carboxylic acid groups (broad SMARTS) is 1. The third-order valence-corrected chi connectivity index (χ3v) is 5.14. The summed E-state index contributed by atoms with van der Waals surface area (Å²) in [6.07, 6.45) is 0.758. The summed E-state index contributed by atoms with van der Waals surface area (Å²) >= 11 is 1.70. The van der Waals surface area contributed by atoms with Crippen LogP contribution in [0, 0.1) is 11.3 Å². The van der Waals surface area contributed by atoms with Crippen molar-refractivity contribution in [3.05, 3.63) is 22.4 Å². The van der Waals surface area contributed by atoms with Crippen LogP contribution in [-0.4, -0.2) is 29.1 Å². The summed E-state index contributed by atoms with van der Waals surface area (Å²) < 4.78 is 0. The molecule has 0 aliphatic carbocycles. The van der Waals surface area contributed by atoms with Crippen LogP contribution in [0.1, 0.15) is 38.8 Å². The maximum atomic E-state index is 11.6. The minimum atomic E-state index is -0.641. The van der Waals surface area contributed by atoms with Gasteiger partial charge in [-0.2, -0.15) is 11.3 Å². The quantitative estimate of drug-likeness (QED) is 0.910. The summed E-state index contributed by atoms with van der Waals surface area (Å²) in [6.45, 7) is 7.75. The Bertz CT molecular complexity index is 415. The van der Waals surface area contributed by atoms with E-state index in [1.165, 1.54) is 5.56 Å². The molecule has 0 saturated carbocycles. The summed E-state index contributed by atoms with van der Waals surface area (Å²) in [4.78, 5) is 13.9. The van der Waals surface area contributed by atoms with E-state index in [1.54, 1.807) is 11.3 Å². The highest BCUT2D eigenvalue weighted by atomic mass is 32.1. The van der Waals surface area contributed by atoms with Gasteiger partial charge in [0.2, 0.25) is 0 Å². The Morgan fingerprint density at radius 2 is 2.22 bits per heavy atom. The molecule has 2 rings (SSSR count). The Hall–Kier alpha value is -0.870. The van der Waals surface area contributed by atoms with E-state index in [0.29, 0.717) is 12.6 Å². The van der Waals surface area contributed by atoms with Crippen LogP contribution in [0.2, 0.25) is 0 Å². The van der Waals surface area contributed by atoms with Crippen LogP contribution in [-0.2, 0) is 4.79 Å². The monoisotopic (exact) mass is 267 g/mol. The van der Waals surface area contributed by atoms with Crippen LogP contribution < -0.4 is 0 Å². The molecule has 0 amide bonds. The molecule has 2 atom stereocenters. The van der Waals surface area contributed by atoms with Crippen molar-refractivity contribution in [3.8, 4) is 0 Å². The summed E-state index contributed by atoms with van der Waals surface area (Å²) in [5, 5.41) is 13.8. The number of rotatable bonds is 4. The van der Waals surface area contributed by atoms with E-state index in [2.05, 4.69) is 28.7 Å². The minimum absolute atomic E-state index is 0.176. The van der Waals surface area contributed by atoms with Gasteiger partial charge in [0.25, 0.3) is 0 Å². The molecule has 0 spiro atoms. The first-order valence-corrected chi connectivity index (χ1v) is 7.41. The lowest BCUT2D eigenvalue weighted by molar-refractivity contribution is -0.151. The standard InChI is InChI=1S/C14H21NO2S/c1-10(2)14(13(16)17)5-6-15(9-14)11(3)12-4-7-18-8-12/h4,7-8,10-11H,5-6,9H2,1-3H3,(H,16,17). The number of nitrogens with zero attached hydrogens (tertiary/aromatic N) is 1. The highest BCUT2D eigenvalue weighted by Gasteiger charge is 2.48. The van der Waals surface area contributed by atoms with Crippen LogP contribution in [0.4, 0.5) is 0 Å². The van der Waals surface area contributed by atoms with Crippen molar-refractivity contribution in [2.45, 2.75) is 33.2 Å². The van der Waals surface area contributed by atoms with Gasteiger partial charge in [0.05, 0.1) is 5.41 Å². The molecule has 1 aliphatic rings. The minimum Gasteiger partial charge on any atom is -0.481 e. The van der Waals surface area contributed by atoms with E-state index < -0.39 is 11.4 Å². The lowest BCUT2D eigenvalue weighted by Crippen LogP contribution is -2.39. The fraction of sp³-hybridized carbons (Fsp3) is 0.643. The van der Waals surface area contributed by atoms with Gasteiger partial charge in [-0.3, -0.25) is 9.69 Å². The van der Waals surface area contributed by atoms with E-state index in [-0.39, 0.29) is 5.92 Å². The Balaban J connectivity index is 2.14. The normalized spacial score (nSPS) is 26.7. The molecule has 1 aromatic rings. The predicted octanol–water partition coefficient (Wildman–Crippen LogP) is 3.24. The average Bonchev–Trinajstić information content (AvgIpc) is 2.98. The molecule has 1 aromatic heterocycles. The highest BCUT2D eigenvalue weighted by molar-refractivity contribution is 7.07. The average molecular weight is 267 g/mol. The van der Waals surface area contributed by atoms with Gasteiger partial charge in [-0.25, -0.2) is 0 Å². The Kier molecular flexibility index (Phi) is 3.78. The van der Waals surface area contributed by atoms with Gasteiger partial charge in [0, 0.05) is 12.6 Å². The Morgan fingerprint density at radius 3 is 2.67 bits per heavy atom. The number of hydrogen-bond donors (Lipinski definition) is 1. The summed E-state index contributed by atoms with van der Waals surface area (Å²) in [6, 6.07) is 2.45. The van der Waals surface area contributed by atoms with Crippen molar-refractivity contribution in [1.29, 1.82) is 0 Å². The zero-order valence-corrected chi connectivity index (χ0v) is 12.0. The molecule has 0 radical (unpaired) electrons. The van der Waals surface area contributed by atoms with Gasteiger partial charge in [-0.1, -0.05) is 13.8 Å². The Morgan fingerprint density at radius 1 is 1.50 bits per heavy atom. The maximum absolute atomic E-state index is 11.6. The molecule has 1 N–H and O–H groups in total. The maximum Gasteiger partial charge on any atom is 0.311 e. The molecule has 0 bridgehead atoms. The molecule has 18 heavy (non-hydrogen) atoms. The smallest absolute Gasteiger partial charge is 0.311 e. The number of hydrogen-bond acceptors (Lipinski definition) is 3. The molecular formula is C14H21NO2S. The predicted molar refractivity (Wildman–Crippen MR) is 73.8 cm³/mol. The van der Waals surface area contributed by atoms with Crippen molar-refractivity contribution < 1.29 is 9.90 Å². The molecular weight excluding hydrogens is 246 g/mol. The van der Waals surface area contributed by atoms with E-state index in [1.807, 2.05) is 13.8 Å². The van der Waals surface area contributed by atoms with Crippen molar-refractivity contribution in [2.24, 2.45) is 11.3 Å². The van der Waals surface area contributed by atoms with Gasteiger partial charge in [-0.05, 0) is 48.2 Å². The first-order valence-electron chi connectivity index (χ1n) is 6.47.